The monoisotopic (exact) mass is 482 g/mol. The molecule has 0 amide bonds. The lowest BCUT2D eigenvalue weighted by Gasteiger charge is -2.19. The van der Waals surface area contributed by atoms with Crippen LogP contribution in [0.25, 0.3) is 42.3 Å². The standard InChI is InChI=1S/C30H34N2SSi/c1-18(2)25-15-20(13-19-14-22(34(6,7)8)10-12-23(19)25)27-29-28(32-17-31-27)24-11-9-21(30(3,4)5)16-26(24)33-29/h9-18H,1-8H3. The predicted octanol–water partition coefficient (Wildman–Crippen LogP) is 8.63. The van der Waals surface area contributed by atoms with Crippen molar-refractivity contribution in [1.82, 2.24) is 9.97 Å². The topological polar surface area (TPSA) is 25.8 Å². The minimum atomic E-state index is -1.40. The minimum absolute atomic E-state index is 0.122. The van der Waals surface area contributed by atoms with Crippen LogP contribution in [0.2, 0.25) is 19.6 Å². The summed E-state index contributed by atoms with van der Waals surface area (Å²) in [4.78, 5) is 9.55. The quantitative estimate of drug-likeness (QED) is 0.240. The Morgan fingerprint density at radius 1 is 0.853 bits per heavy atom. The third-order valence-electron chi connectivity index (χ3n) is 6.86. The zero-order valence-corrected chi connectivity index (χ0v) is 23.4. The molecule has 0 bridgehead atoms. The molecule has 0 aliphatic heterocycles. The molecule has 5 aromatic rings. The maximum atomic E-state index is 4.83. The van der Waals surface area contributed by atoms with Crippen molar-refractivity contribution in [3.05, 3.63) is 66.0 Å². The molecule has 0 radical (unpaired) electrons. The van der Waals surface area contributed by atoms with Gasteiger partial charge in [-0.2, -0.15) is 0 Å². The normalized spacial score (nSPS) is 13.0. The van der Waals surface area contributed by atoms with Gasteiger partial charge in [0.15, 0.2) is 0 Å². The maximum absolute atomic E-state index is 4.83. The molecule has 0 N–H and O–H groups in total. The van der Waals surface area contributed by atoms with Crippen LogP contribution in [-0.2, 0) is 5.41 Å². The van der Waals surface area contributed by atoms with Crippen LogP contribution in [0.15, 0.2) is 54.9 Å². The van der Waals surface area contributed by atoms with E-state index in [4.69, 9.17) is 9.97 Å². The first-order valence-corrected chi connectivity index (χ1v) is 16.5. The first-order chi connectivity index (χ1) is 15.9. The lowest BCUT2D eigenvalue weighted by molar-refractivity contribution is 0.591. The Bertz CT molecular complexity index is 1550. The van der Waals surface area contributed by atoms with E-state index < -0.39 is 8.07 Å². The predicted molar refractivity (Wildman–Crippen MR) is 154 cm³/mol. The Morgan fingerprint density at radius 2 is 1.59 bits per heavy atom. The number of nitrogens with zero attached hydrogens (tertiary/aromatic N) is 2. The molecule has 5 rings (SSSR count). The van der Waals surface area contributed by atoms with Gasteiger partial charge in [-0.1, -0.05) is 89.8 Å². The number of aromatic nitrogens is 2. The highest BCUT2D eigenvalue weighted by Gasteiger charge is 2.20. The zero-order valence-electron chi connectivity index (χ0n) is 21.6. The van der Waals surface area contributed by atoms with Crippen LogP contribution in [-0.4, -0.2) is 18.0 Å². The van der Waals surface area contributed by atoms with Crippen LogP contribution in [0.3, 0.4) is 0 Å². The summed E-state index contributed by atoms with van der Waals surface area (Å²) in [5.41, 5.74) is 6.17. The molecule has 0 fully saturated rings. The fourth-order valence-electron chi connectivity index (χ4n) is 4.73. The Morgan fingerprint density at radius 3 is 2.26 bits per heavy atom. The highest BCUT2D eigenvalue weighted by Crippen LogP contribution is 2.41. The molecule has 0 atom stereocenters. The highest BCUT2D eigenvalue weighted by atomic mass is 32.1. The number of hydrogen-bond acceptors (Lipinski definition) is 3. The number of thiophene rings is 1. The van der Waals surface area contributed by atoms with Gasteiger partial charge in [0.25, 0.3) is 0 Å². The van der Waals surface area contributed by atoms with Gasteiger partial charge >= 0.3 is 0 Å². The minimum Gasteiger partial charge on any atom is -0.235 e. The number of hydrogen-bond donors (Lipinski definition) is 0. The van der Waals surface area contributed by atoms with Crippen LogP contribution in [0, 0.1) is 0 Å². The second kappa shape index (κ2) is 7.99. The molecular weight excluding hydrogens is 448 g/mol. The molecule has 0 saturated heterocycles. The van der Waals surface area contributed by atoms with E-state index in [1.54, 1.807) is 6.33 Å². The van der Waals surface area contributed by atoms with Gasteiger partial charge in [-0.3, -0.25) is 0 Å². The van der Waals surface area contributed by atoms with E-state index in [9.17, 15) is 0 Å². The molecular formula is C30H34N2SSi. The van der Waals surface area contributed by atoms with Crippen molar-refractivity contribution in [3.8, 4) is 11.3 Å². The summed E-state index contributed by atoms with van der Waals surface area (Å²) in [5, 5.41) is 5.40. The van der Waals surface area contributed by atoms with Crippen molar-refractivity contribution in [3.63, 3.8) is 0 Å². The van der Waals surface area contributed by atoms with E-state index in [0.717, 1.165) is 11.2 Å². The van der Waals surface area contributed by atoms with Gasteiger partial charge in [-0.15, -0.1) is 11.3 Å². The van der Waals surface area contributed by atoms with Gasteiger partial charge in [0.2, 0.25) is 0 Å². The fourth-order valence-corrected chi connectivity index (χ4v) is 7.11. The van der Waals surface area contributed by atoms with E-state index in [1.165, 1.54) is 47.4 Å². The van der Waals surface area contributed by atoms with Crippen molar-refractivity contribution in [2.24, 2.45) is 0 Å². The summed E-state index contributed by atoms with van der Waals surface area (Å²) in [6.07, 6.45) is 1.74. The Kier molecular flexibility index (Phi) is 5.45. The average Bonchev–Trinajstić information content (AvgIpc) is 3.14. The van der Waals surface area contributed by atoms with Crippen LogP contribution >= 0.6 is 11.3 Å². The third-order valence-corrected chi connectivity index (χ3v) is 10.1. The van der Waals surface area contributed by atoms with Crippen molar-refractivity contribution in [2.75, 3.05) is 0 Å². The molecule has 0 unspecified atom stereocenters. The van der Waals surface area contributed by atoms with Gasteiger partial charge in [0.05, 0.1) is 24.0 Å². The highest BCUT2D eigenvalue weighted by molar-refractivity contribution is 7.26. The molecule has 2 heterocycles. The fraction of sp³-hybridized carbons (Fsp3) is 0.333. The Balaban J connectivity index is 1.78. The van der Waals surface area contributed by atoms with Crippen molar-refractivity contribution < 1.29 is 0 Å². The molecule has 34 heavy (non-hydrogen) atoms. The van der Waals surface area contributed by atoms with Crippen LogP contribution in [0.1, 0.15) is 51.7 Å². The second-order valence-corrected chi connectivity index (χ2v) is 18.0. The molecule has 4 heteroatoms. The van der Waals surface area contributed by atoms with Crippen molar-refractivity contribution in [2.45, 2.75) is 65.6 Å². The summed E-state index contributed by atoms with van der Waals surface area (Å²) in [6.45, 7) is 18.6. The lowest BCUT2D eigenvalue weighted by atomic mass is 9.87. The smallest absolute Gasteiger partial charge is 0.116 e. The number of fused-ring (bicyclic) bond motifs is 4. The van der Waals surface area contributed by atoms with E-state index >= 15 is 0 Å². The maximum Gasteiger partial charge on any atom is 0.116 e. The van der Waals surface area contributed by atoms with Crippen LogP contribution < -0.4 is 5.19 Å². The Labute approximate surface area is 208 Å². The molecule has 2 nitrogen and oxygen atoms in total. The molecule has 0 saturated carbocycles. The molecule has 174 valence electrons. The van der Waals surface area contributed by atoms with Crippen LogP contribution in [0.4, 0.5) is 0 Å². The summed E-state index contributed by atoms with van der Waals surface area (Å²) in [5.74, 6) is 0.439. The van der Waals surface area contributed by atoms with Gasteiger partial charge in [0.1, 0.15) is 6.33 Å². The van der Waals surface area contributed by atoms with Gasteiger partial charge < -0.3 is 0 Å². The summed E-state index contributed by atoms with van der Waals surface area (Å²) < 4.78 is 2.47. The molecule has 3 aromatic carbocycles. The third kappa shape index (κ3) is 3.97. The summed E-state index contributed by atoms with van der Waals surface area (Å²) in [6, 6.07) is 18.6. The van der Waals surface area contributed by atoms with Crippen molar-refractivity contribution >= 4 is 55.7 Å². The van der Waals surface area contributed by atoms with Crippen LogP contribution in [0.5, 0.6) is 0 Å². The van der Waals surface area contributed by atoms with Gasteiger partial charge in [-0.05, 0) is 51.4 Å². The van der Waals surface area contributed by atoms with E-state index in [0.29, 0.717) is 5.92 Å². The molecule has 0 spiro atoms. The van der Waals surface area contributed by atoms with Gasteiger partial charge in [0, 0.05) is 15.6 Å². The number of rotatable bonds is 3. The lowest BCUT2D eigenvalue weighted by Crippen LogP contribution is -2.37. The molecule has 2 aromatic heterocycles. The van der Waals surface area contributed by atoms with Crippen molar-refractivity contribution in [1.29, 1.82) is 0 Å². The number of benzene rings is 3. The van der Waals surface area contributed by atoms with E-state index in [2.05, 4.69) is 103 Å². The first kappa shape index (κ1) is 23.2. The van der Waals surface area contributed by atoms with E-state index in [-0.39, 0.29) is 5.41 Å². The molecule has 0 aliphatic carbocycles. The van der Waals surface area contributed by atoms with Gasteiger partial charge in [-0.25, -0.2) is 9.97 Å². The Hall–Kier alpha value is -2.56. The second-order valence-electron chi connectivity index (χ2n) is 11.9. The zero-order chi connectivity index (χ0) is 24.4. The molecule has 0 aliphatic rings. The van der Waals surface area contributed by atoms with E-state index in [1.807, 2.05) is 11.3 Å². The first-order valence-electron chi connectivity index (χ1n) is 12.2. The average molecular weight is 483 g/mol. The SMILES string of the molecule is CC(C)c1cc(-c2ncnc3c2sc2cc(C(C)(C)C)ccc23)cc2cc([Si](C)(C)C)ccc12. The summed E-state index contributed by atoms with van der Waals surface area (Å²) >= 11 is 1.82. The largest absolute Gasteiger partial charge is 0.235 e. The summed E-state index contributed by atoms with van der Waals surface area (Å²) in [7, 11) is -1.40.